The summed E-state index contributed by atoms with van der Waals surface area (Å²) in [6.07, 6.45) is 0.0950. The molecule has 0 heterocycles. The highest BCUT2D eigenvalue weighted by atomic mass is 35.5. The van der Waals surface area contributed by atoms with Gasteiger partial charge in [-0.05, 0) is 36.2 Å². The first-order valence-corrected chi connectivity index (χ1v) is 8.93. The first-order valence-electron chi connectivity index (χ1n) is 8.55. The maximum absolute atomic E-state index is 14.1. The van der Waals surface area contributed by atoms with Gasteiger partial charge in [-0.1, -0.05) is 36.7 Å². The topological polar surface area (TPSA) is 49.4 Å². The Kier molecular flexibility index (Phi) is 7.30. The molecule has 7 heteroatoms. The molecule has 144 valence electrons. The molecule has 0 aliphatic heterocycles. The van der Waals surface area contributed by atoms with Gasteiger partial charge in [0.25, 0.3) is 0 Å². The second-order valence-electron chi connectivity index (χ2n) is 6.06. The van der Waals surface area contributed by atoms with Gasteiger partial charge in [0.1, 0.15) is 17.7 Å². The van der Waals surface area contributed by atoms with E-state index in [4.69, 9.17) is 11.6 Å². The Morgan fingerprint density at radius 2 is 1.81 bits per heavy atom. The fourth-order valence-corrected chi connectivity index (χ4v) is 3.06. The van der Waals surface area contributed by atoms with Crippen LogP contribution in [-0.4, -0.2) is 29.8 Å². The van der Waals surface area contributed by atoms with Crippen LogP contribution in [0.2, 0.25) is 5.02 Å². The van der Waals surface area contributed by atoms with Gasteiger partial charge < -0.3 is 10.2 Å². The largest absolute Gasteiger partial charge is 0.357 e. The lowest BCUT2D eigenvalue weighted by atomic mass is 10.1. The van der Waals surface area contributed by atoms with Gasteiger partial charge in [-0.25, -0.2) is 8.78 Å². The van der Waals surface area contributed by atoms with Crippen LogP contribution in [0.1, 0.15) is 24.5 Å². The summed E-state index contributed by atoms with van der Waals surface area (Å²) in [6.45, 7) is 1.87. The predicted molar refractivity (Wildman–Crippen MR) is 100 cm³/mol. The minimum Gasteiger partial charge on any atom is -0.357 e. The van der Waals surface area contributed by atoms with E-state index in [0.717, 1.165) is 0 Å². The minimum absolute atomic E-state index is 0.0834. The van der Waals surface area contributed by atoms with E-state index in [9.17, 15) is 18.4 Å². The Morgan fingerprint density at radius 1 is 1.15 bits per heavy atom. The molecular weight excluding hydrogens is 374 g/mol. The highest BCUT2D eigenvalue weighted by molar-refractivity contribution is 6.31. The zero-order chi connectivity index (χ0) is 20.0. The fraction of sp³-hybridized carbons (Fsp3) is 0.300. The Bertz CT molecular complexity index is 792. The predicted octanol–water partition coefficient (Wildman–Crippen LogP) is 3.71. The molecule has 0 bridgehead atoms. The van der Waals surface area contributed by atoms with Crippen molar-refractivity contribution in [2.75, 3.05) is 7.05 Å². The van der Waals surface area contributed by atoms with Crippen molar-refractivity contribution in [1.29, 1.82) is 0 Å². The average molecular weight is 395 g/mol. The molecule has 0 fully saturated rings. The van der Waals surface area contributed by atoms with Gasteiger partial charge in [-0.3, -0.25) is 9.59 Å². The zero-order valence-corrected chi connectivity index (χ0v) is 15.9. The van der Waals surface area contributed by atoms with Crippen LogP contribution in [0.25, 0.3) is 0 Å². The molecule has 0 spiro atoms. The van der Waals surface area contributed by atoms with Crippen LogP contribution < -0.4 is 5.32 Å². The number of amides is 2. The maximum Gasteiger partial charge on any atom is 0.242 e. The molecule has 2 aromatic rings. The number of benzene rings is 2. The molecular formula is C20H21ClF2N2O2. The molecule has 1 N–H and O–H groups in total. The van der Waals surface area contributed by atoms with Gasteiger partial charge in [-0.2, -0.15) is 0 Å². The van der Waals surface area contributed by atoms with Crippen molar-refractivity contribution in [3.05, 3.63) is 70.2 Å². The second kappa shape index (κ2) is 9.46. The Hall–Kier alpha value is -2.47. The summed E-state index contributed by atoms with van der Waals surface area (Å²) in [5, 5.41) is 2.69. The first-order chi connectivity index (χ1) is 12.9. The fourth-order valence-electron chi connectivity index (χ4n) is 2.83. The third-order valence-corrected chi connectivity index (χ3v) is 4.64. The molecule has 2 amide bonds. The number of hydrogen-bond acceptors (Lipinski definition) is 2. The summed E-state index contributed by atoms with van der Waals surface area (Å²) in [6, 6.07) is 9.12. The number of carbonyl (C=O) groups is 2. The van der Waals surface area contributed by atoms with Crippen molar-refractivity contribution in [3.8, 4) is 0 Å². The molecule has 0 radical (unpaired) electrons. The van der Waals surface area contributed by atoms with Crippen molar-refractivity contribution in [2.45, 2.75) is 32.4 Å². The van der Waals surface area contributed by atoms with Crippen molar-refractivity contribution < 1.29 is 18.4 Å². The molecule has 27 heavy (non-hydrogen) atoms. The molecule has 0 aromatic heterocycles. The number of nitrogens with one attached hydrogen (secondary N) is 1. The molecule has 2 aromatic carbocycles. The first kappa shape index (κ1) is 20.8. The number of carbonyl (C=O) groups excluding carboxylic acids is 2. The summed E-state index contributed by atoms with van der Waals surface area (Å²) >= 11 is 6.03. The van der Waals surface area contributed by atoms with E-state index in [0.29, 0.717) is 12.0 Å². The molecule has 1 atom stereocenters. The lowest BCUT2D eigenvalue weighted by molar-refractivity contribution is -0.140. The van der Waals surface area contributed by atoms with Crippen molar-refractivity contribution >= 4 is 23.4 Å². The maximum atomic E-state index is 14.1. The number of halogens is 3. The molecule has 0 aliphatic rings. The Morgan fingerprint density at radius 3 is 2.37 bits per heavy atom. The van der Waals surface area contributed by atoms with E-state index in [1.54, 1.807) is 19.1 Å². The normalized spacial score (nSPS) is 11.7. The average Bonchev–Trinajstić information content (AvgIpc) is 2.65. The summed E-state index contributed by atoms with van der Waals surface area (Å²) in [4.78, 5) is 26.6. The Balaban J connectivity index is 2.33. The van der Waals surface area contributed by atoms with Crippen LogP contribution in [0.4, 0.5) is 8.78 Å². The smallest absolute Gasteiger partial charge is 0.242 e. The molecule has 0 aliphatic carbocycles. The van der Waals surface area contributed by atoms with Crippen LogP contribution in [0, 0.1) is 11.6 Å². The van der Waals surface area contributed by atoms with Gasteiger partial charge >= 0.3 is 0 Å². The van der Waals surface area contributed by atoms with Crippen molar-refractivity contribution in [2.24, 2.45) is 0 Å². The van der Waals surface area contributed by atoms with Gasteiger partial charge in [0, 0.05) is 24.2 Å². The van der Waals surface area contributed by atoms with Crippen LogP contribution in [-0.2, 0) is 22.6 Å². The molecule has 4 nitrogen and oxygen atoms in total. The van der Waals surface area contributed by atoms with E-state index in [-0.39, 0.29) is 29.5 Å². The third kappa shape index (κ3) is 5.26. The van der Waals surface area contributed by atoms with E-state index < -0.39 is 23.6 Å². The Labute approximate surface area is 162 Å². The van der Waals surface area contributed by atoms with Crippen LogP contribution in [0.3, 0.4) is 0 Å². The lowest BCUT2D eigenvalue weighted by Crippen LogP contribution is -2.48. The van der Waals surface area contributed by atoms with Crippen LogP contribution in [0.15, 0.2) is 42.5 Å². The number of hydrogen-bond donors (Lipinski definition) is 1. The monoisotopic (exact) mass is 394 g/mol. The van der Waals surface area contributed by atoms with Gasteiger partial charge in [-0.15, -0.1) is 0 Å². The van der Waals surface area contributed by atoms with E-state index in [1.165, 1.54) is 42.3 Å². The van der Waals surface area contributed by atoms with Crippen molar-refractivity contribution in [3.63, 3.8) is 0 Å². The van der Waals surface area contributed by atoms with Gasteiger partial charge in [0.2, 0.25) is 11.8 Å². The standard InChI is InChI=1S/C20H21ClF2N2O2/c1-3-18(20(27)24-2)25(12-13-7-9-14(22)10-8-13)19(26)11-15-16(21)5-4-6-17(15)23/h4-10,18H,3,11-12H2,1-2H3,(H,24,27)/t18-/m1/s1. The van der Waals surface area contributed by atoms with Crippen LogP contribution >= 0.6 is 11.6 Å². The number of rotatable bonds is 7. The van der Waals surface area contributed by atoms with Crippen LogP contribution in [0.5, 0.6) is 0 Å². The van der Waals surface area contributed by atoms with Crippen molar-refractivity contribution in [1.82, 2.24) is 10.2 Å². The molecule has 0 saturated carbocycles. The highest BCUT2D eigenvalue weighted by Gasteiger charge is 2.29. The van der Waals surface area contributed by atoms with E-state index >= 15 is 0 Å². The summed E-state index contributed by atoms with van der Waals surface area (Å²) < 4.78 is 27.2. The summed E-state index contributed by atoms with van der Waals surface area (Å²) in [7, 11) is 1.49. The quantitative estimate of drug-likeness (QED) is 0.778. The lowest BCUT2D eigenvalue weighted by Gasteiger charge is -2.30. The zero-order valence-electron chi connectivity index (χ0n) is 15.1. The third-order valence-electron chi connectivity index (χ3n) is 4.29. The molecule has 2 rings (SSSR count). The SMILES string of the molecule is CC[C@H](C(=O)NC)N(Cc1ccc(F)cc1)C(=O)Cc1c(F)cccc1Cl. The number of nitrogens with zero attached hydrogens (tertiary/aromatic N) is 1. The number of likely N-dealkylation sites (N-methyl/N-ethyl adjacent to an activating group) is 1. The second-order valence-corrected chi connectivity index (χ2v) is 6.47. The summed E-state index contributed by atoms with van der Waals surface area (Å²) in [5.41, 5.74) is 0.742. The van der Waals surface area contributed by atoms with Gasteiger partial charge in [0.05, 0.1) is 6.42 Å². The van der Waals surface area contributed by atoms with E-state index in [2.05, 4.69) is 5.32 Å². The van der Waals surface area contributed by atoms with E-state index in [1.807, 2.05) is 0 Å². The molecule has 0 unspecified atom stereocenters. The van der Waals surface area contributed by atoms with Gasteiger partial charge in [0.15, 0.2) is 0 Å². The highest BCUT2D eigenvalue weighted by Crippen LogP contribution is 2.22. The summed E-state index contributed by atoms with van der Waals surface area (Å²) in [5.74, 6) is -1.74. The minimum atomic E-state index is -0.738. The molecule has 0 saturated heterocycles.